The van der Waals surface area contributed by atoms with Crippen molar-refractivity contribution >= 4 is 5.97 Å². The van der Waals surface area contributed by atoms with E-state index >= 15 is 0 Å². The smallest absolute Gasteiger partial charge is 0.417 e. The van der Waals surface area contributed by atoms with Crippen LogP contribution < -0.4 is 14.2 Å². The van der Waals surface area contributed by atoms with Crippen LogP contribution in [0, 0.1) is 13.8 Å². The number of aliphatic carboxylic acids is 1. The molecule has 2 N–H and O–H groups in total. The van der Waals surface area contributed by atoms with Gasteiger partial charge in [-0.05, 0) is 98.2 Å². The molecule has 3 aromatic rings. The minimum Gasteiger partial charge on any atom is -0.493 e. The summed E-state index contributed by atoms with van der Waals surface area (Å²) in [4.78, 5) is 11.2. The van der Waals surface area contributed by atoms with Crippen molar-refractivity contribution in [1.82, 2.24) is 0 Å². The van der Waals surface area contributed by atoms with Crippen molar-refractivity contribution < 1.29 is 42.4 Å². The van der Waals surface area contributed by atoms with E-state index in [1.807, 2.05) is 0 Å². The average molecular weight is 585 g/mol. The number of hydrogen-bond donors (Lipinski definition) is 2. The van der Waals surface area contributed by atoms with Gasteiger partial charge in [0.05, 0.1) is 30.8 Å². The van der Waals surface area contributed by atoms with Crippen LogP contribution in [0.5, 0.6) is 17.2 Å². The van der Waals surface area contributed by atoms with Crippen LogP contribution in [0.2, 0.25) is 0 Å². The minimum absolute atomic E-state index is 0.0275. The van der Waals surface area contributed by atoms with Gasteiger partial charge in [-0.2, -0.15) is 13.2 Å². The number of hydrogen-bond acceptors (Lipinski definition) is 5. The second-order valence-corrected chi connectivity index (χ2v) is 11.8. The van der Waals surface area contributed by atoms with Crippen molar-refractivity contribution in [2.24, 2.45) is 0 Å². The van der Waals surface area contributed by atoms with Crippen molar-refractivity contribution in [2.75, 3.05) is 13.2 Å². The maximum atomic E-state index is 14.4. The van der Waals surface area contributed by atoms with Crippen molar-refractivity contribution in [3.8, 4) is 28.4 Å². The molecule has 2 atom stereocenters. The summed E-state index contributed by atoms with van der Waals surface area (Å²) < 4.78 is 60.9. The normalized spacial score (nSPS) is 17.9. The van der Waals surface area contributed by atoms with Crippen LogP contribution in [0.4, 0.5) is 13.2 Å². The van der Waals surface area contributed by atoms with Gasteiger partial charge in [0, 0.05) is 24.0 Å². The summed E-state index contributed by atoms with van der Waals surface area (Å²) in [5, 5.41) is 19.1. The first-order valence-corrected chi connectivity index (χ1v) is 14.1. The molecule has 2 aliphatic rings. The number of carbonyl (C=O) groups is 1. The zero-order valence-corrected chi connectivity index (χ0v) is 24.1. The molecule has 5 rings (SSSR count). The Morgan fingerprint density at radius 3 is 2.33 bits per heavy atom. The lowest BCUT2D eigenvalue weighted by Crippen LogP contribution is -2.21. The Morgan fingerprint density at radius 2 is 1.69 bits per heavy atom. The molecule has 1 aliphatic carbocycles. The van der Waals surface area contributed by atoms with Crippen LogP contribution in [0.1, 0.15) is 78.5 Å². The number of carboxylic acids is 1. The fourth-order valence-corrected chi connectivity index (χ4v) is 6.00. The van der Waals surface area contributed by atoms with E-state index in [4.69, 9.17) is 19.3 Å². The van der Waals surface area contributed by atoms with Gasteiger partial charge in [-0.3, -0.25) is 4.79 Å². The minimum atomic E-state index is -4.55. The molecule has 42 heavy (non-hydrogen) atoms. The van der Waals surface area contributed by atoms with E-state index in [-0.39, 0.29) is 31.1 Å². The lowest BCUT2D eigenvalue weighted by Gasteiger charge is -2.23. The fraction of sp³-hybridized carbons (Fsp3) is 0.424. The maximum absolute atomic E-state index is 14.4. The molecule has 9 heteroatoms. The largest absolute Gasteiger partial charge is 0.493 e. The van der Waals surface area contributed by atoms with E-state index in [0.29, 0.717) is 64.3 Å². The Balaban J connectivity index is 1.46. The summed E-state index contributed by atoms with van der Waals surface area (Å²) in [7, 11) is 0. The maximum Gasteiger partial charge on any atom is 0.417 e. The lowest BCUT2D eigenvalue weighted by molar-refractivity contribution is -0.138. The van der Waals surface area contributed by atoms with Gasteiger partial charge in [-0.1, -0.05) is 12.1 Å². The molecule has 1 aliphatic heterocycles. The Morgan fingerprint density at radius 1 is 1.00 bits per heavy atom. The third kappa shape index (κ3) is 6.21. The summed E-state index contributed by atoms with van der Waals surface area (Å²) >= 11 is 0. The number of alkyl halides is 3. The predicted molar refractivity (Wildman–Crippen MR) is 151 cm³/mol. The van der Waals surface area contributed by atoms with Gasteiger partial charge in [-0.15, -0.1) is 0 Å². The monoisotopic (exact) mass is 584 g/mol. The molecule has 0 radical (unpaired) electrons. The second kappa shape index (κ2) is 11.2. The van der Waals surface area contributed by atoms with Gasteiger partial charge < -0.3 is 24.4 Å². The van der Waals surface area contributed by atoms with Gasteiger partial charge in [0.25, 0.3) is 0 Å². The number of rotatable bonds is 9. The van der Waals surface area contributed by atoms with Crippen molar-refractivity contribution in [3.05, 3.63) is 75.8 Å². The quantitative estimate of drug-likeness (QED) is 0.270. The first kappa shape index (κ1) is 29.8. The molecule has 0 saturated heterocycles. The van der Waals surface area contributed by atoms with Crippen molar-refractivity contribution in [2.45, 2.75) is 77.2 Å². The summed E-state index contributed by atoms with van der Waals surface area (Å²) in [6, 6.07) is 11.4. The molecule has 3 aromatic carbocycles. The molecule has 0 bridgehead atoms. The fourth-order valence-electron chi connectivity index (χ4n) is 6.00. The Hall–Kier alpha value is -3.72. The molecule has 0 saturated carbocycles. The molecule has 0 spiro atoms. The highest BCUT2D eigenvalue weighted by molar-refractivity contribution is 5.80. The molecular formula is C33H35F3O6. The number of ether oxygens (including phenoxy) is 3. The third-order valence-electron chi connectivity index (χ3n) is 7.96. The number of aliphatic hydroxyl groups is 1. The van der Waals surface area contributed by atoms with Gasteiger partial charge in [0.1, 0.15) is 23.4 Å². The van der Waals surface area contributed by atoms with Crippen molar-refractivity contribution in [3.63, 3.8) is 0 Å². The molecule has 0 fully saturated rings. The second-order valence-electron chi connectivity index (χ2n) is 11.8. The van der Waals surface area contributed by atoms with Gasteiger partial charge >= 0.3 is 12.1 Å². The zero-order chi connectivity index (χ0) is 30.4. The highest BCUT2D eigenvalue weighted by Gasteiger charge is 2.39. The molecule has 1 heterocycles. The van der Waals surface area contributed by atoms with Crippen LogP contribution in [0.25, 0.3) is 11.1 Å². The third-order valence-corrected chi connectivity index (χ3v) is 7.96. The van der Waals surface area contributed by atoms with Gasteiger partial charge in [0.2, 0.25) is 0 Å². The number of halogens is 3. The number of benzene rings is 3. The van der Waals surface area contributed by atoms with E-state index < -0.39 is 29.4 Å². The Bertz CT molecular complexity index is 1480. The number of aryl methyl sites for hydroxylation is 2. The van der Waals surface area contributed by atoms with E-state index in [1.165, 1.54) is 6.07 Å². The summed E-state index contributed by atoms with van der Waals surface area (Å²) in [5.41, 5.74) is 2.63. The standard InChI is InChI=1S/C33H35F3O6/c1-18-13-22(40-12-11-32(3,4)39)14-19(2)30(18)31-25-8-10-27(24(25)7-9-26(31)33(34,35)36)42-21-5-6-23-20(15-29(37)38)17-41-28(23)16-21/h5-7,9,13-14,16,20,27,39H,8,10-12,15,17H2,1-4H3,(H,37,38)/t20?,27-/m1/s1. The lowest BCUT2D eigenvalue weighted by atomic mass is 9.86. The highest BCUT2D eigenvalue weighted by Crippen LogP contribution is 2.48. The van der Waals surface area contributed by atoms with Crippen LogP contribution in [-0.2, 0) is 17.4 Å². The van der Waals surface area contributed by atoms with E-state index in [9.17, 15) is 23.1 Å². The topological polar surface area (TPSA) is 85.2 Å². The molecule has 1 unspecified atom stereocenters. The van der Waals surface area contributed by atoms with Gasteiger partial charge in [0.15, 0.2) is 0 Å². The zero-order valence-electron chi connectivity index (χ0n) is 24.1. The van der Waals surface area contributed by atoms with Crippen LogP contribution in [0.15, 0.2) is 42.5 Å². The molecule has 0 amide bonds. The first-order chi connectivity index (χ1) is 19.7. The number of fused-ring (bicyclic) bond motifs is 2. The SMILES string of the molecule is Cc1cc(OCCC(C)(C)O)cc(C)c1-c1c(C(F)(F)F)ccc2c1CC[C@H]2Oc1ccc2c(c1)OCC2CC(=O)O. The van der Waals surface area contributed by atoms with Crippen LogP contribution in [0.3, 0.4) is 0 Å². The average Bonchev–Trinajstić information content (AvgIpc) is 3.46. The Kier molecular flexibility index (Phi) is 7.91. The summed E-state index contributed by atoms with van der Waals surface area (Å²) in [6.07, 6.45) is -3.67. The molecule has 224 valence electrons. The van der Waals surface area contributed by atoms with E-state index in [0.717, 1.165) is 11.6 Å². The molecular weight excluding hydrogens is 549 g/mol. The summed E-state index contributed by atoms with van der Waals surface area (Å²) in [6.45, 7) is 7.52. The van der Waals surface area contributed by atoms with Crippen LogP contribution in [-0.4, -0.2) is 35.0 Å². The molecule has 0 aromatic heterocycles. The summed E-state index contributed by atoms with van der Waals surface area (Å²) in [5.74, 6) is 0.508. The van der Waals surface area contributed by atoms with E-state index in [1.54, 1.807) is 58.0 Å². The highest BCUT2D eigenvalue weighted by atomic mass is 19.4. The predicted octanol–water partition coefficient (Wildman–Crippen LogP) is 7.55. The molecule has 6 nitrogen and oxygen atoms in total. The van der Waals surface area contributed by atoms with Crippen LogP contribution >= 0.6 is 0 Å². The van der Waals surface area contributed by atoms with Gasteiger partial charge in [-0.25, -0.2) is 0 Å². The van der Waals surface area contributed by atoms with Crippen molar-refractivity contribution in [1.29, 1.82) is 0 Å². The Labute approximate surface area is 243 Å². The van der Waals surface area contributed by atoms with E-state index in [2.05, 4.69) is 0 Å². The first-order valence-electron chi connectivity index (χ1n) is 14.1. The number of carboxylic acid groups (broad SMARTS) is 1.